The van der Waals surface area contributed by atoms with E-state index in [0.717, 1.165) is 59.6 Å². The molecule has 1 aliphatic heterocycles. The fourth-order valence-electron chi connectivity index (χ4n) is 4.06. The zero-order valence-electron chi connectivity index (χ0n) is 15.5. The molecule has 0 N–H and O–H groups in total. The highest BCUT2D eigenvalue weighted by atomic mass is 16.3. The molecule has 1 fully saturated rings. The largest absolute Gasteiger partial charge is 0.450 e. The normalized spacial score (nSPS) is 17.6. The summed E-state index contributed by atoms with van der Waals surface area (Å²) in [6.07, 6.45) is 5.59. The molecule has 1 aromatic carbocycles. The summed E-state index contributed by atoms with van der Waals surface area (Å²) in [6.45, 7) is 6.25. The van der Waals surface area contributed by atoms with E-state index in [1.165, 1.54) is 0 Å². The van der Waals surface area contributed by atoms with E-state index in [1.54, 1.807) is 6.33 Å². The van der Waals surface area contributed by atoms with E-state index < -0.39 is 0 Å². The van der Waals surface area contributed by atoms with Gasteiger partial charge in [0.2, 0.25) is 0 Å². The number of nitrogens with zero attached hydrogens (tertiary/aromatic N) is 6. The topological polar surface area (TPSA) is 72.9 Å². The van der Waals surface area contributed by atoms with Crippen LogP contribution < -0.4 is 4.90 Å². The first-order chi connectivity index (χ1) is 13.2. The van der Waals surface area contributed by atoms with Gasteiger partial charge in [-0.3, -0.25) is 0 Å². The fourth-order valence-corrected chi connectivity index (χ4v) is 4.06. The molecule has 0 bridgehead atoms. The highest BCUT2D eigenvalue weighted by Crippen LogP contribution is 2.39. The fraction of sp³-hybridized carbons (Fsp3) is 0.400. The van der Waals surface area contributed by atoms with Gasteiger partial charge in [-0.05, 0) is 30.9 Å². The van der Waals surface area contributed by atoms with Crippen LogP contribution in [0, 0.1) is 5.92 Å². The van der Waals surface area contributed by atoms with Crippen molar-refractivity contribution in [3.8, 4) is 0 Å². The van der Waals surface area contributed by atoms with Gasteiger partial charge in [-0.15, -0.1) is 10.2 Å². The molecular formula is C20H22N6O. The molecule has 0 amide bonds. The second-order valence-electron chi connectivity index (χ2n) is 7.56. The zero-order valence-corrected chi connectivity index (χ0v) is 15.5. The molecule has 4 aromatic rings. The van der Waals surface area contributed by atoms with Gasteiger partial charge in [-0.25, -0.2) is 9.97 Å². The van der Waals surface area contributed by atoms with Gasteiger partial charge in [0.15, 0.2) is 17.2 Å². The highest BCUT2D eigenvalue weighted by molar-refractivity contribution is 6.05. The Bertz CT molecular complexity index is 1100. The molecule has 0 aliphatic carbocycles. The van der Waals surface area contributed by atoms with Crippen LogP contribution in [0.5, 0.6) is 0 Å². The first kappa shape index (κ1) is 16.2. The number of furan rings is 1. The summed E-state index contributed by atoms with van der Waals surface area (Å²) in [7, 11) is 0. The van der Waals surface area contributed by atoms with Crippen molar-refractivity contribution in [3.05, 3.63) is 42.7 Å². The lowest BCUT2D eigenvalue weighted by molar-refractivity contribution is 0.487. The predicted molar refractivity (Wildman–Crippen MR) is 103 cm³/mol. The minimum Gasteiger partial charge on any atom is -0.450 e. The molecule has 1 unspecified atom stereocenters. The van der Waals surface area contributed by atoms with Crippen molar-refractivity contribution >= 4 is 27.9 Å². The number of benzene rings is 1. The maximum Gasteiger partial charge on any atom is 0.196 e. The maximum atomic E-state index is 6.15. The van der Waals surface area contributed by atoms with Crippen LogP contribution in [0.2, 0.25) is 0 Å². The molecule has 4 heterocycles. The summed E-state index contributed by atoms with van der Waals surface area (Å²) in [5.74, 6) is 2.39. The van der Waals surface area contributed by atoms with E-state index in [9.17, 15) is 0 Å². The molecule has 5 rings (SSSR count). The zero-order chi connectivity index (χ0) is 18.4. The van der Waals surface area contributed by atoms with Crippen molar-refractivity contribution in [2.75, 3.05) is 11.4 Å². The van der Waals surface area contributed by atoms with Gasteiger partial charge in [0, 0.05) is 18.5 Å². The number of hydrogen-bond donors (Lipinski definition) is 0. The Morgan fingerprint density at radius 3 is 3.00 bits per heavy atom. The molecule has 27 heavy (non-hydrogen) atoms. The quantitative estimate of drug-likeness (QED) is 0.547. The molecule has 1 atom stereocenters. The van der Waals surface area contributed by atoms with Gasteiger partial charge < -0.3 is 13.9 Å². The smallest absolute Gasteiger partial charge is 0.196 e. The minimum atomic E-state index is 0.151. The predicted octanol–water partition coefficient (Wildman–Crippen LogP) is 3.97. The van der Waals surface area contributed by atoms with Crippen LogP contribution in [0.15, 0.2) is 41.3 Å². The van der Waals surface area contributed by atoms with E-state index >= 15 is 0 Å². The average Bonchev–Trinajstić information content (AvgIpc) is 3.38. The first-order valence-corrected chi connectivity index (χ1v) is 9.49. The van der Waals surface area contributed by atoms with Crippen LogP contribution in [-0.4, -0.2) is 31.3 Å². The molecule has 1 saturated heterocycles. The van der Waals surface area contributed by atoms with Crippen molar-refractivity contribution in [2.24, 2.45) is 5.92 Å². The van der Waals surface area contributed by atoms with Crippen LogP contribution in [0.4, 0.5) is 5.82 Å². The number of fused-ring (bicyclic) bond motifs is 3. The van der Waals surface area contributed by atoms with E-state index in [1.807, 2.05) is 30.6 Å². The Labute approximate surface area is 157 Å². The third-order valence-electron chi connectivity index (χ3n) is 5.17. The molecule has 0 saturated carbocycles. The minimum absolute atomic E-state index is 0.151. The Morgan fingerprint density at radius 2 is 2.11 bits per heavy atom. The van der Waals surface area contributed by atoms with Crippen LogP contribution in [0.25, 0.3) is 22.1 Å². The number of para-hydroxylation sites is 1. The van der Waals surface area contributed by atoms with Crippen molar-refractivity contribution in [1.29, 1.82) is 0 Å². The van der Waals surface area contributed by atoms with Crippen molar-refractivity contribution in [1.82, 2.24) is 24.7 Å². The average molecular weight is 362 g/mol. The van der Waals surface area contributed by atoms with E-state index in [2.05, 4.69) is 43.5 Å². The Balaban J connectivity index is 1.61. The standard InChI is InChI=1S/C20H22N6O/c1-13(2)10-25-12-23-24-19(25)15-7-5-9-26(15)20-18-17(21-11-22-20)14-6-3-4-8-16(14)27-18/h3-4,6,8,11-13,15H,5,7,9-10H2,1-2H3. The molecule has 0 spiro atoms. The van der Waals surface area contributed by atoms with Gasteiger partial charge in [0.25, 0.3) is 0 Å². The number of rotatable bonds is 4. The highest BCUT2D eigenvalue weighted by Gasteiger charge is 2.33. The number of aromatic nitrogens is 5. The van der Waals surface area contributed by atoms with Crippen LogP contribution in [-0.2, 0) is 6.54 Å². The number of hydrogen-bond acceptors (Lipinski definition) is 6. The van der Waals surface area contributed by atoms with E-state index in [-0.39, 0.29) is 6.04 Å². The summed E-state index contributed by atoms with van der Waals surface area (Å²) >= 11 is 0. The molecule has 1 aliphatic rings. The second kappa shape index (κ2) is 6.33. The van der Waals surface area contributed by atoms with E-state index in [0.29, 0.717) is 5.92 Å². The van der Waals surface area contributed by atoms with E-state index in [4.69, 9.17) is 4.42 Å². The summed E-state index contributed by atoms with van der Waals surface area (Å²) < 4.78 is 8.32. The molecule has 3 aromatic heterocycles. The second-order valence-corrected chi connectivity index (χ2v) is 7.56. The lowest BCUT2D eigenvalue weighted by Crippen LogP contribution is -2.26. The molecule has 0 radical (unpaired) electrons. The number of anilines is 1. The third-order valence-corrected chi connectivity index (χ3v) is 5.17. The maximum absolute atomic E-state index is 6.15. The summed E-state index contributed by atoms with van der Waals surface area (Å²) in [5, 5.41) is 9.65. The Morgan fingerprint density at radius 1 is 1.22 bits per heavy atom. The van der Waals surface area contributed by atoms with Gasteiger partial charge in [-0.2, -0.15) is 0 Å². The van der Waals surface area contributed by atoms with Gasteiger partial charge in [-0.1, -0.05) is 26.0 Å². The molecule has 7 heteroatoms. The third kappa shape index (κ3) is 2.65. The van der Waals surface area contributed by atoms with Crippen molar-refractivity contribution in [2.45, 2.75) is 39.3 Å². The van der Waals surface area contributed by atoms with Crippen LogP contribution >= 0.6 is 0 Å². The van der Waals surface area contributed by atoms with Gasteiger partial charge in [0.05, 0.1) is 6.04 Å². The summed E-state index contributed by atoms with van der Waals surface area (Å²) in [5.41, 5.74) is 2.46. The molecule has 138 valence electrons. The SMILES string of the molecule is CC(C)Cn1cnnc1C1CCCN1c1ncnc2c1oc1ccccc12. The lowest BCUT2D eigenvalue weighted by atomic mass is 10.1. The van der Waals surface area contributed by atoms with Crippen molar-refractivity contribution in [3.63, 3.8) is 0 Å². The van der Waals surface area contributed by atoms with Crippen molar-refractivity contribution < 1.29 is 4.42 Å². The van der Waals surface area contributed by atoms with Crippen LogP contribution in [0.1, 0.15) is 38.6 Å². The molecular weight excluding hydrogens is 340 g/mol. The van der Waals surface area contributed by atoms with Gasteiger partial charge in [0.1, 0.15) is 23.8 Å². The monoisotopic (exact) mass is 362 g/mol. The first-order valence-electron chi connectivity index (χ1n) is 9.49. The molecule has 7 nitrogen and oxygen atoms in total. The van der Waals surface area contributed by atoms with Gasteiger partial charge >= 0.3 is 0 Å². The summed E-state index contributed by atoms with van der Waals surface area (Å²) in [4.78, 5) is 11.4. The summed E-state index contributed by atoms with van der Waals surface area (Å²) in [6, 6.07) is 8.15. The Hall–Kier alpha value is -2.96. The Kier molecular flexibility index (Phi) is 3.81. The van der Waals surface area contributed by atoms with Crippen LogP contribution in [0.3, 0.4) is 0 Å². The lowest BCUT2D eigenvalue weighted by Gasteiger charge is -2.25.